The highest BCUT2D eigenvalue weighted by Crippen LogP contribution is 2.19. The highest BCUT2D eigenvalue weighted by Gasteiger charge is 2.36. The summed E-state index contributed by atoms with van der Waals surface area (Å²) in [5.74, 6) is -3.93. The van der Waals surface area contributed by atoms with Gasteiger partial charge in [-0.05, 0) is 31.2 Å². The summed E-state index contributed by atoms with van der Waals surface area (Å²) in [5, 5.41) is 25.6. The zero-order valence-corrected chi connectivity index (χ0v) is 22.1. The largest absolute Gasteiger partial charge is 0.480 e. The molecule has 0 bridgehead atoms. The SMILES string of the molecule is NC(N)=NCCCC(N)C(=O)N1CCCC1C(=O)NCC(=O)NC(Cc1ccccc1)C(=O)N[C@@H](CO)C(=O)O. The molecule has 0 spiro atoms. The van der Waals surface area contributed by atoms with Gasteiger partial charge in [0.15, 0.2) is 5.96 Å². The summed E-state index contributed by atoms with van der Waals surface area (Å²) in [6, 6.07) is 4.35. The highest BCUT2D eigenvalue weighted by atomic mass is 16.4. The molecule has 1 aliphatic heterocycles. The lowest BCUT2D eigenvalue weighted by molar-refractivity contribution is -0.143. The lowest BCUT2D eigenvalue weighted by Crippen LogP contribution is -2.55. The molecule has 4 atom stereocenters. The fraction of sp³-hybridized carbons (Fsp3) is 0.520. The normalized spacial score (nSPS) is 16.8. The number of aliphatic carboxylic acids is 1. The van der Waals surface area contributed by atoms with E-state index in [-0.39, 0.29) is 18.3 Å². The Labute approximate surface area is 231 Å². The van der Waals surface area contributed by atoms with Gasteiger partial charge in [0, 0.05) is 19.5 Å². The van der Waals surface area contributed by atoms with Gasteiger partial charge in [0.2, 0.25) is 23.6 Å². The Hall–Kier alpha value is -4.24. The molecule has 40 heavy (non-hydrogen) atoms. The molecule has 0 radical (unpaired) electrons. The van der Waals surface area contributed by atoms with Gasteiger partial charge in [-0.25, -0.2) is 4.79 Å². The predicted octanol–water partition coefficient (Wildman–Crippen LogP) is -3.24. The maximum atomic E-state index is 12.8. The molecule has 1 fully saturated rings. The molecule has 4 amide bonds. The molecule has 1 aromatic rings. The number of likely N-dealkylation sites (tertiary alicyclic amines) is 1. The summed E-state index contributed by atoms with van der Waals surface area (Å²) in [6.07, 6.45) is 1.84. The van der Waals surface area contributed by atoms with E-state index in [1.807, 2.05) is 0 Å². The van der Waals surface area contributed by atoms with Gasteiger partial charge in [0.25, 0.3) is 0 Å². The van der Waals surface area contributed by atoms with Crippen LogP contribution in [0, 0.1) is 0 Å². The molecule has 15 heteroatoms. The molecule has 1 aromatic carbocycles. The molecule has 0 aliphatic carbocycles. The van der Waals surface area contributed by atoms with E-state index in [4.69, 9.17) is 22.3 Å². The van der Waals surface area contributed by atoms with E-state index in [1.165, 1.54) is 4.90 Å². The van der Waals surface area contributed by atoms with Crippen molar-refractivity contribution in [2.24, 2.45) is 22.2 Å². The number of hydrogen-bond donors (Lipinski definition) is 8. The van der Waals surface area contributed by atoms with Crippen molar-refractivity contribution in [2.75, 3.05) is 26.2 Å². The first kappa shape index (κ1) is 32.0. The molecule has 1 saturated heterocycles. The van der Waals surface area contributed by atoms with Crippen LogP contribution in [-0.4, -0.2) is 101 Å². The van der Waals surface area contributed by atoms with Crippen molar-refractivity contribution in [3.63, 3.8) is 0 Å². The van der Waals surface area contributed by atoms with Gasteiger partial charge in [-0.3, -0.25) is 24.2 Å². The summed E-state index contributed by atoms with van der Waals surface area (Å²) in [4.78, 5) is 67.6. The average molecular weight is 563 g/mol. The quantitative estimate of drug-likeness (QED) is 0.0602. The van der Waals surface area contributed by atoms with E-state index in [0.717, 1.165) is 0 Å². The van der Waals surface area contributed by atoms with E-state index < -0.39 is 61.0 Å². The third-order valence-electron chi connectivity index (χ3n) is 6.28. The Morgan fingerprint density at radius 3 is 2.40 bits per heavy atom. The van der Waals surface area contributed by atoms with E-state index >= 15 is 0 Å². The number of carboxylic acid groups (broad SMARTS) is 1. The van der Waals surface area contributed by atoms with E-state index in [9.17, 15) is 29.1 Å². The van der Waals surface area contributed by atoms with Gasteiger partial charge in [-0.2, -0.15) is 0 Å². The first-order valence-electron chi connectivity index (χ1n) is 12.9. The summed E-state index contributed by atoms with van der Waals surface area (Å²) in [7, 11) is 0. The topological polar surface area (TPSA) is 256 Å². The molecule has 2 rings (SSSR count). The molecule has 3 unspecified atom stereocenters. The fourth-order valence-electron chi connectivity index (χ4n) is 4.21. The number of aliphatic imine (C=N–C) groups is 1. The highest BCUT2D eigenvalue weighted by molar-refractivity contribution is 5.94. The van der Waals surface area contributed by atoms with E-state index in [0.29, 0.717) is 44.3 Å². The number of guanidine groups is 1. The van der Waals surface area contributed by atoms with Crippen LogP contribution in [0.5, 0.6) is 0 Å². The van der Waals surface area contributed by atoms with E-state index in [1.54, 1.807) is 30.3 Å². The third-order valence-corrected chi connectivity index (χ3v) is 6.28. The minimum atomic E-state index is -1.55. The van der Waals surface area contributed by atoms with Crippen LogP contribution >= 0.6 is 0 Å². The first-order chi connectivity index (χ1) is 19.0. The number of nitrogens with two attached hydrogens (primary N) is 3. The van der Waals surface area contributed by atoms with Crippen LogP contribution in [-0.2, 0) is 30.4 Å². The van der Waals surface area contributed by atoms with Gasteiger partial charge in [-0.1, -0.05) is 30.3 Å². The van der Waals surface area contributed by atoms with Crippen LogP contribution in [0.2, 0.25) is 0 Å². The number of aliphatic hydroxyl groups excluding tert-OH is 1. The number of aliphatic hydroxyl groups is 1. The van der Waals surface area contributed by atoms with Crippen LogP contribution in [0.3, 0.4) is 0 Å². The van der Waals surface area contributed by atoms with Crippen LogP contribution in [0.1, 0.15) is 31.2 Å². The number of nitrogens with zero attached hydrogens (tertiary/aromatic N) is 2. The van der Waals surface area contributed by atoms with Crippen LogP contribution < -0.4 is 33.2 Å². The van der Waals surface area contributed by atoms with Gasteiger partial charge in [0.05, 0.1) is 19.2 Å². The van der Waals surface area contributed by atoms with Crippen molar-refractivity contribution in [3.8, 4) is 0 Å². The van der Waals surface area contributed by atoms with Gasteiger partial charge in [-0.15, -0.1) is 0 Å². The number of nitrogens with one attached hydrogen (secondary N) is 3. The smallest absolute Gasteiger partial charge is 0.328 e. The van der Waals surface area contributed by atoms with Crippen LogP contribution in [0.15, 0.2) is 35.3 Å². The van der Waals surface area contributed by atoms with Crippen molar-refractivity contribution < 1.29 is 34.2 Å². The monoisotopic (exact) mass is 562 g/mol. The summed E-state index contributed by atoms with van der Waals surface area (Å²) in [6.45, 7) is -0.648. The molecule has 0 saturated carbocycles. The number of hydrogen-bond acceptors (Lipinski definition) is 8. The zero-order chi connectivity index (χ0) is 29.7. The number of amides is 4. The Balaban J connectivity index is 1.96. The molecule has 11 N–H and O–H groups in total. The first-order valence-corrected chi connectivity index (χ1v) is 12.9. The Morgan fingerprint density at radius 2 is 1.77 bits per heavy atom. The van der Waals surface area contributed by atoms with Crippen molar-refractivity contribution >= 4 is 35.6 Å². The lowest BCUT2D eigenvalue weighted by Gasteiger charge is -2.27. The Morgan fingerprint density at radius 1 is 1.07 bits per heavy atom. The molecular formula is C25H38N8O7. The molecule has 15 nitrogen and oxygen atoms in total. The van der Waals surface area contributed by atoms with Crippen molar-refractivity contribution in [2.45, 2.75) is 56.3 Å². The Kier molecular flexibility index (Phi) is 12.8. The second kappa shape index (κ2) is 16.0. The van der Waals surface area contributed by atoms with Gasteiger partial charge in [0.1, 0.15) is 18.1 Å². The number of rotatable bonds is 15. The molecule has 220 valence electrons. The maximum Gasteiger partial charge on any atom is 0.328 e. The summed E-state index contributed by atoms with van der Waals surface area (Å²) >= 11 is 0. The minimum Gasteiger partial charge on any atom is -0.480 e. The molecule has 1 aliphatic rings. The van der Waals surface area contributed by atoms with E-state index in [2.05, 4.69) is 20.9 Å². The number of carbonyl (C=O) groups excluding carboxylic acids is 4. The summed E-state index contributed by atoms with van der Waals surface area (Å²) < 4.78 is 0. The second-order valence-corrected chi connectivity index (χ2v) is 9.35. The number of carbonyl (C=O) groups is 5. The van der Waals surface area contributed by atoms with Gasteiger partial charge >= 0.3 is 5.97 Å². The number of carboxylic acids is 1. The van der Waals surface area contributed by atoms with Crippen molar-refractivity contribution in [3.05, 3.63) is 35.9 Å². The average Bonchev–Trinajstić information content (AvgIpc) is 3.42. The van der Waals surface area contributed by atoms with Crippen molar-refractivity contribution in [1.29, 1.82) is 0 Å². The standard InChI is InChI=1S/C25H38N8O7/c26-16(8-4-10-29-25(27)28)23(38)33-11-5-9-19(33)22(37)30-13-20(35)31-17(12-15-6-2-1-3-7-15)21(36)32-18(14-34)24(39)40/h1-3,6-7,16-19,34H,4-5,8-14,26H2,(H,30,37)(H,31,35)(H,32,36)(H,39,40)(H4,27,28,29)/t16?,17?,18-,19?/m0/s1. The van der Waals surface area contributed by atoms with Crippen LogP contribution in [0.25, 0.3) is 0 Å². The minimum absolute atomic E-state index is 0.0378. The fourth-order valence-corrected chi connectivity index (χ4v) is 4.21. The Bertz CT molecular complexity index is 1060. The van der Waals surface area contributed by atoms with Gasteiger partial charge < -0.3 is 48.3 Å². The van der Waals surface area contributed by atoms with Crippen LogP contribution in [0.4, 0.5) is 0 Å². The lowest BCUT2D eigenvalue weighted by atomic mass is 10.0. The third kappa shape index (κ3) is 10.1. The van der Waals surface area contributed by atoms with Crippen molar-refractivity contribution in [1.82, 2.24) is 20.9 Å². The molecular weight excluding hydrogens is 524 g/mol. The maximum absolute atomic E-state index is 12.8. The molecule has 0 aromatic heterocycles. The number of benzene rings is 1. The zero-order valence-electron chi connectivity index (χ0n) is 22.1. The predicted molar refractivity (Wildman–Crippen MR) is 144 cm³/mol. The molecule has 1 heterocycles. The second-order valence-electron chi connectivity index (χ2n) is 9.35. The summed E-state index contributed by atoms with van der Waals surface area (Å²) in [5.41, 5.74) is 17.3.